The van der Waals surface area contributed by atoms with Gasteiger partial charge in [-0.3, -0.25) is 0 Å². The Kier molecular flexibility index (Phi) is 3.52. The fraction of sp³-hybridized carbons (Fsp3) is 0.500. The molecule has 3 nitrogen and oxygen atoms in total. The van der Waals surface area contributed by atoms with Crippen LogP contribution in [0.5, 0.6) is 0 Å². The lowest BCUT2D eigenvalue weighted by Crippen LogP contribution is -2.37. The van der Waals surface area contributed by atoms with Crippen LogP contribution in [0.4, 0.5) is 0 Å². The van der Waals surface area contributed by atoms with Crippen molar-refractivity contribution in [3.8, 4) is 0 Å². The minimum atomic E-state index is 0.0960. The second kappa shape index (κ2) is 4.67. The predicted molar refractivity (Wildman–Crippen MR) is 79.5 cm³/mol. The molecule has 0 saturated carbocycles. The van der Waals surface area contributed by atoms with E-state index in [1.807, 2.05) is 19.2 Å². The van der Waals surface area contributed by atoms with Gasteiger partial charge in [0.05, 0.1) is 11.0 Å². The van der Waals surface area contributed by atoms with E-state index in [0.717, 1.165) is 27.8 Å². The van der Waals surface area contributed by atoms with Crippen LogP contribution in [0.3, 0.4) is 0 Å². The number of hydrogen-bond donors (Lipinski definition) is 1. The molecule has 0 saturated heterocycles. The van der Waals surface area contributed by atoms with E-state index >= 15 is 0 Å². The Morgan fingerprint density at radius 1 is 1.39 bits per heavy atom. The molecular formula is C14H20BrN3. The molecule has 1 unspecified atom stereocenters. The number of imidazole rings is 1. The first-order chi connectivity index (χ1) is 8.29. The lowest BCUT2D eigenvalue weighted by atomic mass is 9.85. The third-order valence-electron chi connectivity index (χ3n) is 3.45. The Hall–Kier alpha value is -0.870. The largest absolute Gasteiger partial charge is 0.331 e. The first-order valence-electron chi connectivity index (χ1n) is 6.15. The number of rotatable bonds is 2. The zero-order valence-electron chi connectivity index (χ0n) is 11.4. The van der Waals surface area contributed by atoms with Crippen molar-refractivity contribution in [3.05, 3.63) is 28.5 Å². The average molecular weight is 310 g/mol. The van der Waals surface area contributed by atoms with Gasteiger partial charge in [-0.25, -0.2) is 4.98 Å². The van der Waals surface area contributed by atoms with Gasteiger partial charge in [0.2, 0.25) is 0 Å². The minimum absolute atomic E-state index is 0.0960. The monoisotopic (exact) mass is 309 g/mol. The molecule has 0 aliphatic rings. The highest BCUT2D eigenvalue weighted by molar-refractivity contribution is 9.10. The number of nitrogens with zero attached hydrogens (tertiary/aromatic N) is 2. The molecule has 4 heteroatoms. The van der Waals surface area contributed by atoms with Crippen LogP contribution in [0.25, 0.3) is 11.0 Å². The van der Waals surface area contributed by atoms with E-state index in [9.17, 15) is 0 Å². The Balaban J connectivity index is 2.37. The summed E-state index contributed by atoms with van der Waals surface area (Å²) < 4.78 is 3.19. The van der Waals surface area contributed by atoms with E-state index < -0.39 is 0 Å². The van der Waals surface area contributed by atoms with Crippen molar-refractivity contribution < 1.29 is 0 Å². The highest BCUT2D eigenvalue weighted by atomic mass is 79.9. The lowest BCUT2D eigenvalue weighted by Gasteiger charge is -2.26. The molecule has 98 valence electrons. The van der Waals surface area contributed by atoms with E-state index in [1.54, 1.807) is 0 Å². The zero-order chi connectivity index (χ0) is 13.5. The number of benzene rings is 1. The molecule has 1 aromatic heterocycles. The van der Waals surface area contributed by atoms with Gasteiger partial charge < -0.3 is 10.3 Å². The summed E-state index contributed by atoms with van der Waals surface area (Å²) in [5.41, 5.74) is 8.50. The molecule has 1 atom stereocenters. The maximum atomic E-state index is 6.24. The topological polar surface area (TPSA) is 43.8 Å². The molecule has 2 N–H and O–H groups in total. The third-order valence-corrected chi connectivity index (χ3v) is 3.94. The van der Waals surface area contributed by atoms with E-state index in [1.165, 1.54) is 0 Å². The molecule has 18 heavy (non-hydrogen) atoms. The summed E-state index contributed by atoms with van der Waals surface area (Å²) in [5, 5.41) is 0. The van der Waals surface area contributed by atoms with Gasteiger partial charge in [0.25, 0.3) is 0 Å². The number of fused-ring (bicyclic) bond motifs is 1. The number of halogens is 1. The zero-order valence-corrected chi connectivity index (χ0v) is 13.0. The van der Waals surface area contributed by atoms with Gasteiger partial charge in [-0.05, 0) is 23.6 Å². The number of aryl methyl sites for hydroxylation is 1. The van der Waals surface area contributed by atoms with Gasteiger partial charge in [0, 0.05) is 24.0 Å². The minimum Gasteiger partial charge on any atom is -0.331 e. The maximum Gasteiger partial charge on any atom is 0.111 e. The van der Waals surface area contributed by atoms with E-state index in [-0.39, 0.29) is 11.5 Å². The van der Waals surface area contributed by atoms with Crippen LogP contribution in [-0.4, -0.2) is 15.6 Å². The second-order valence-corrected chi connectivity index (χ2v) is 6.81. The summed E-state index contributed by atoms with van der Waals surface area (Å²) in [5.74, 6) is 1.05. The van der Waals surface area contributed by atoms with Crippen molar-refractivity contribution in [1.29, 1.82) is 0 Å². The molecule has 0 fully saturated rings. The standard InChI is InChI=1S/C14H20BrN3/c1-14(2,3)12(16)8-13-17-10-7-9(15)5-6-11(10)18(13)4/h5-7,12H,8,16H2,1-4H3. The van der Waals surface area contributed by atoms with Crippen molar-refractivity contribution in [1.82, 2.24) is 9.55 Å². The molecule has 0 aliphatic carbocycles. The highest BCUT2D eigenvalue weighted by Gasteiger charge is 2.22. The summed E-state index contributed by atoms with van der Waals surface area (Å²) in [4.78, 5) is 4.68. The lowest BCUT2D eigenvalue weighted by molar-refractivity contribution is 0.313. The van der Waals surface area contributed by atoms with E-state index in [0.29, 0.717) is 0 Å². The van der Waals surface area contributed by atoms with Crippen LogP contribution in [0.2, 0.25) is 0 Å². The van der Waals surface area contributed by atoms with Crippen LogP contribution in [-0.2, 0) is 13.5 Å². The van der Waals surface area contributed by atoms with Gasteiger partial charge >= 0.3 is 0 Å². The van der Waals surface area contributed by atoms with Crippen molar-refractivity contribution in [2.45, 2.75) is 33.2 Å². The molecule has 2 rings (SSSR count). The number of nitrogens with two attached hydrogens (primary N) is 1. The second-order valence-electron chi connectivity index (χ2n) is 5.90. The van der Waals surface area contributed by atoms with Gasteiger partial charge in [-0.2, -0.15) is 0 Å². The summed E-state index contributed by atoms with van der Waals surface area (Å²) >= 11 is 3.47. The summed E-state index contributed by atoms with van der Waals surface area (Å²) in [6.07, 6.45) is 0.798. The van der Waals surface area contributed by atoms with Crippen molar-refractivity contribution in [3.63, 3.8) is 0 Å². The number of hydrogen-bond acceptors (Lipinski definition) is 2. The first-order valence-corrected chi connectivity index (χ1v) is 6.95. The Morgan fingerprint density at radius 3 is 2.67 bits per heavy atom. The first kappa shape index (κ1) is 13.6. The fourth-order valence-electron chi connectivity index (χ4n) is 1.91. The smallest absolute Gasteiger partial charge is 0.111 e. The summed E-state index contributed by atoms with van der Waals surface area (Å²) in [6.45, 7) is 6.49. The van der Waals surface area contributed by atoms with Gasteiger partial charge in [0.1, 0.15) is 5.82 Å². The Labute approximate surface area is 117 Å². The molecule has 1 aromatic carbocycles. The highest BCUT2D eigenvalue weighted by Crippen LogP contribution is 2.24. The van der Waals surface area contributed by atoms with Gasteiger partial charge in [-0.15, -0.1) is 0 Å². The summed E-state index contributed by atoms with van der Waals surface area (Å²) in [6, 6.07) is 6.27. The van der Waals surface area contributed by atoms with Gasteiger partial charge in [-0.1, -0.05) is 36.7 Å². The molecule has 2 aromatic rings. The number of aromatic nitrogens is 2. The van der Waals surface area contributed by atoms with Gasteiger partial charge in [0.15, 0.2) is 0 Å². The van der Waals surface area contributed by atoms with E-state index in [2.05, 4.69) is 52.3 Å². The molecule has 0 amide bonds. The average Bonchev–Trinajstić information content (AvgIpc) is 2.54. The van der Waals surface area contributed by atoms with Crippen LogP contribution in [0.1, 0.15) is 26.6 Å². The molecule has 0 aliphatic heterocycles. The van der Waals surface area contributed by atoms with Crippen LogP contribution in [0, 0.1) is 5.41 Å². The normalized spacial score (nSPS) is 14.1. The van der Waals surface area contributed by atoms with Crippen molar-refractivity contribution >= 4 is 27.0 Å². The summed E-state index contributed by atoms with van der Waals surface area (Å²) in [7, 11) is 2.05. The maximum absolute atomic E-state index is 6.24. The van der Waals surface area contributed by atoms with Crippen LogP contribution in [0.15, 0.2) is 22.7 Å². The fourth-order valence-corrected chi connectivity index (χ4v) is 2.26. The predicted octanol–water partition coefficient (Wildman–Crippen LogP) is 3.25. The SMILES string of the molecule is Cn1c(CC(N)C(C)(C)C)nc2cc(Br)ccc21. The van der Waals surface area contributed by atoms with Crippen LogP contribution >= 0.6 is 15.9 Å². The molecule has 1 heterocycles. The van der Waals surface area contributed by atoms with Crippen molar-refractivity contribution in [2.75, 3.05) is 0 Å². The molecular weight excluding hydrogens is 290 g/mol. The van der Waals surface area contributed by atoms with Crippen molar-refractivity contribution in [2.24, 2.45) is 18.2 Å². The Bertz CT molecular complexity index is 566. The molecule has 0 spiro atoms. The molecule has 0 radical (unpaired) electrons. The Morgan fingerprint density at radius 2 is 2.06 bits per heavy atom. The van der Waals surface area contributed by atoms with E-state index in [4.69, 9.17) is 5.73 Å². The van der Waals surface area contributed by atoms with Crippen LogP contribution < -0.4 is 5.73 Å². The third kappa shape index (κ3) is 2.59. The molecule has 0 bridgehead atoms. The quantitative estimate of drug-likeness (QED) is 0.925.